The van der Waals surface area contributed by atoms with E-state index in [4.69, 9.17) is 4.74 Å². The molecule has 0 amide bonds. The molecule has 0 bridgehead atoms. The van der Waals surface area contributed by atoms with Crippen LogP contribution in [-0.2, 0) is 6.42 Å². The zero-order valence-corrected chi connectivity index (χ0v) is 16.4. The molecule has 0 unspecified atom stereocenters. The summed E-state index contributed by atoms with van der Waals surface area (Å²) in [6, 6.07) is 8.55. The molecule has 0 aliphatic rings. The predicted octanol–water partition coefficient (Wildman–Crippen LogP) is 2.07. The van der Waals surface area contributed by atoms with Gasteiger partial charge in [-0.25, -0.2) is 0 Å². The normalized spacial score (nSPS) is 11.1. The maximum absolute atomic E-state index is 6.01. The molecule has 1 aromatic rings. The molecule has 1 rings (SSSR count). The molecule has 2 nitrogen and oxygen atoms in total. The third-order valence-corrected chi connectivity index (χ3v) is 4.04. The predicted molar refractivity (Wildman–Crippen MR) is 96.5 cm³/mol. The van der Waals surface area contributed by atoms with E-state index in [1.807, 2.05) is 0 Å². The maximum atomic E-state index is 6.01. The second-order valence-electron chi connectivity index (χ2n) is 7.34. The fraction of sp³-hybridized carbons (Fsp3) is 0.700. The van der Waals surface area contributed by atoms with Crippen LogP contribution in [0.4, 0.5) is 0 Å². The lowest BCUT2D eigenvalue weighted by atomic mass is 10.0. The van der Waals surface area contributed by atoms with Crippen LogP contribution in [0, 0.1) is 0 Å². The molecule has 0 heterocycles. The molecule has 0 spiro atoms. The first-order valence-corrected chi connectivity index (χ1v) is 9.04. The van der Waals surface area contributed by atoms with Crippen molar-refractivity contribution in [2.45, 2.75) is 58.3 Å². The summed E-state index contributed by atoms with van der Waals surface area (Å²) >= 11 is 0. The van der Waals surface area contributed by atoms with E-state index in [0.717, 1.165) is 29.8 Å². The Morgan fingerprint density at radius 2 is 1.48 bits per heavy atom. The van der Waals surface area contributed by atoms with Gasteiger partial charge in [-0.3, -0.25) is 0 Å². The summed E-state index contributed by atoms with van der Waals surface area (Å²) in [6.45, 7) is 4.10. The molecule has 134 valence electrons. The van der Waals surface area contributed by atoms with Crippen molar-refractivity contribution in [2.24, 2.45) is 0 Å². The molecule has 0 N–H and O–H groups in total. The molecule has 0 fully saturated rings. The number of benzene rings is 1. The van der Waals surface area contributed by atoms with E-state index in [9.17, 15) is 0 Å². The van der Waals surface area contributed by atoms with E-state index >= 15 is 0 Å². The third kappa shape index (κ3) is 11.4. The van der Waals surface area contributed by atoms with Gasteiger partial charge in [-0.1, -0.05) is 63.6 Å². The first-order chi connectivity index (χ1) is 10.5. The highest BCUT2D eigenvalue weighted by molar-refractivity contribution is 5.33. The molecule has 0 aliphatic heterocycles. The Hall–Kier alpha value is -0.730. The smallest absolute Gasteiger partial charge is 0.137 e. The summed E-state index contributed by atoms with van der Waals surface area (Å²) in [4.78, 5) is 0. The van der Waals surface area contributed by atoms with E-state index in [1.165, 1.54) is 50.5 Å². The fourth-order valence-corrected chi connectivity index (χ4v) is 2.55. The molecule has 0 aliphatic carbocycles. The Bertz CT molecular complexity index is 401. The van der Waals surface area contributed by atoms with Crippen LogP contribution in [0.3, 0.4) is 0 Å². The number of likely N-dealkylation sites (N-methyl/N-ethyl adjacent to an activating group) is 1. The summed E-state index contributed by atoms with van der Waals surface area (Å²) in [5, 5.41) is 0. The van der Waals surface area contributed by atoms with Crippen LogP contribution in [0.15, 0.2) is 24.3 Å². The number of aryl methyl sites for hydroxylation is 1. The number of nitrogens with zero attached hydrogens (tertiary/aromatic N) is 1. The lowest BCUT2D eigenvalue weighted by Gasteiger charge is -2.24. The maximum Gasteiger partial charge on any atom is 0.137 e. The van der Waals surface area contributed by atoms with Crippen molar-refractivity contribution in [3.63, 3.8) is 0 Å². The Labute approximate surface area is 150 Å². The Kier molecular flexibility index (Phi) is 12.3. The monoisotopic (exact) mass is 341 g/mol. The Morgan fingerprint density at radius 1 is 0.870 bits per heavy atom. The van der Waals surface area contributed by atoms with E-state index in [2.05, 4.69) is 52.3 Å². The molecular weight excluding hydrogens is 306 g/mol. The van der Waals surface area contributed by atoms with Gasteiger partial charge in [-0.05, 0) is 24.5 Å². The summed E-state index contributed by atoms with van der Waals surface area (Å²) in [5.74, 6) is 1.09. The zero-order chi connectivity index (χ0) is 16.3. The minimum Gasteiger partial charge on any atom is -1.00 e. The average Bonchev–Trinajstić information content (AvgIpc) is 2.46. The van der Waals surface area contributed by atoms with Gasteiger partial charge >= 0.3 is 0 Å². The summed E-state index contributed by atoms with van der Waals surface area (Å²) < 4.78 is 6.95. The minimum atomic E-state index is 0. The zero-order valence-electron chi connectivity index (χ0n) is 15.6. The van der Waals surface area contributed by atoms with Crippen LogP contribution in [0.2, 0.25) is 0 Å². The van der Waals surface area contributed by atoms with Crippen molar-refractivity contribution < 1.29 is 21.6 Å². The van der Waals surface area contributed by atoms with Crippen molar-refractivity contribution in [2.75, 3.05) is 34.3 Å². The van der Waals surface area contributed by atoms with Crippen LogP contribution >= 0.6 is 0 Å². The van der Waals surface area contributed by atoms with Crippen molar-refractivity contribution in [3.8, 4) is 5.75 Å². The molecule has 0 atom stereocenters. The van der Waals surface area contributed by atoms with Crippen LogP contribution < -0.4 is 17.1 Å². The van der Waals surface area contributed by atoms with Gasteiger partial charge in [-0.2, -0.15) is 0 Å². The quantitative estimate of drug-likeness (QED) is 0.418. The molecule has 1 aromatic carbocycles. The lowest BCUT2D eigenvalue weighted by molar-refractivity contribution is -0.870. The molecule has 23 heavy (non-hydrogen) atoms. The molecule has 0 saturated carbocycles. The van der Waals surface area contributed by atoms with Gasteiger partial charge < -0.3 is 21.6 Å². The van der Waals surface area contributed by atoms with Gasteiger partial charge in [-0.15, -0.1) is 0 Å². The van der Waals surface area contributed by atoms with E-state index < -0.39 is 0 Å². The number of hydrogen-bond donors (Lipinski definition) is 0. The van der Waals surface area contributed by atoms with Gasteiger partial charge in [0.15, 0.2) is 0 Å². The number of hydrogen-bond acceptors (Lipinski definition) is 1. The minimum absolute atomic E-state index is 0. The topological polar surface area (TPSA) is 9.23 Å². The molecule has 0 radical (unpaired) electrons. The van der Waals surface area contributed by atoms with Crippen molar-refractivity contribution in [1.82, 2.24) is 0 Å². The largest absolute Gasteiger partial charge is 1.00 e. The third-order valence-electron chi connectivity index (χ3n) is 4.04. The first-order valence-electron chi connectivity index (χ1n) is 9.04. The second kappa shape index (κ2) is 12.7. The lowest BCUT2D eigenvalue weighted by Crippen LogP contribution is -3.00. The van der Waals surface area contributed by atoms with Gasteiger partial charge in [0.2, 0.25) is 0 Å². The van der Waals surface area contributed by atoms with Gasteiger partial charge in [0.1, 0.15) is 18.9 Å². The van der Waals surface area contributed by atoms with Gasteiger partial charge in [0, 0.05) is 0 Å². The fourth-order valence-electron chi connectivity index (χ4n) is 2.55. The van der Waals surface area contributed by atoms with Gasteiger partial charge in [0.05, 0.1) is 21.1 Å². The Balaban J connectivity index is 0.00000484. The van der Waals surface area contributed by atoms with Gasteiger partial charge in [0.25, 0.3) is 0 Å². The van der Waals surface area contributed by atoms with E-state index in [0.29, 0.717) is 0 Å². The highest BCUT2D eigenvalue weighted by Crippen LogP contribution is 2.21. The van der Waals surface area contributed by atoms with Crippen molar-refractivity contribution >= 4 is 0 Å². The highest BCUT2D eigenvalue weighted by atomic mass is 35.5. The number of quaternary nitrogens is 1. The Morgan fingerprint density at radius 3 is 2.13 bits per heavy atom. The van der Waals surface area contributed by atoms with Crippen LogP contribution in [0.25, 0.3) is 0 Å². The molecule has 0 saturated heterocycles. The van der Waals surface area contributed by atoms with Crippen LogP contribution in [-0.4, -0.2) is 38.8 Å². The molecular formula is C20H36ClNO. The van der Waals surface area contributed by atoms with E-state index in [-0.39, 0.29) is 12.4 Å². The van der Waals surface area contributed by atoms with Crippen molar-refractivity contribution in [1.29, 1.82) is 0 Å². The molecule has 3 heteroatoms. The summed E-state index contributed by atoms with van der Waals surface area (Å²) in [5.41, 5.74) is 1.37. The summed E-state index contributed by atoms with van der Waals surface area (Å²) in [6.07, 6.45) is 10.7. The number of rotatable bonds is 12. The molecule has 0 aromatic heterocycles. The number of unbranched alkanes of at least 4 members (excludes halogenated alkanes) is 6. The number of halogens is 1. The van der Waals surface area contributed by atoms with Crippen LogP contribution in [0.1, 0.15) is 57.4 Å². The van der Waals surface area contributed by atoms with Crippen LogP contribution in [0.5, 0.6) is 5.75 Å². The number of ether oxygens (including phenoxy) is 1. The van der Waals surface area contributed by atoms with Crippen molar-refractivity contribution in [3.05, 3.63) is 29.8 Å². The standard InChI is InChI=1S/C20H36NO.ClH/c1-5-6-7-8-9-10-11-14-19-15-12-13-16-20(19)22-18-17-21(2,3)4;/h12-13,15-16H,5-11,14,17-18H2,1-4H3;1H/q+1;/p-1. The SMILES string of the molecule is CCCCCCCCCc1ccccc1OCC[N+](C)(C)C.[Cl-]. The summed E-state index contributed by atoms with van der Waals surface area (Å²) in [7, 11) is 6.61. The average molecular weight is 342 g/mol. The van der Waals surface area contributed by atoms with E-state index in [1.54, 1.807) is 0 Å². The first kappa shape index (κ1) is 22.3. The number of para-hydroxylation sites is 1. The second-order valence-corrected chi connectivity index (χ2v) is 7.34. The highest BCUT2D eigenvalue weighted by Gasteiger charge is 2.08.